The van der Waals surface area contributed by atoms with E-state index in [1.807, 2.05) is 66.7 Å². The smallest absolute Gasteiger partial charge is 0.265 e. The minimum Gasteiger partial charge on any atom is -0.492 e. The summed E-state index contributed by atoms with van der Waals surface area (Å²) >= 11 is 4.57. The van der Waals surface area contributed by atoms with Crippen molar-refractivity contribution in [1.82, 2.24) is 0 Å². The largest absolute Gasteiger partial charge is 0.492 e. The summed E-state index contributed by atoms with van der Waals surface area (Å²) in [7, 11) is 0. The van der Waals surface area contributed by atoms with E-state index < -0.39 is 0 Å². The number of rotatable bonds is 21. The van der Waals surface area contributed by atoms with Gasteiger partial charge in [0.05, 0.1) is 51.5 Å². The van der Waals surface area contributed by atoms with Crippen LogP contribution < -0.4 is 24.0 Å². The highest BCUT2D eigenvalue weighted by Crippen LogP contribution is 2.43. The Hall–Kier alpha value is -5.22. The van der Waals surface area contributed by atoms with Crippen molar-refractivity contribution in [2.45, 2.75) is 32.6 Å². The number of halogens is 2. The van der Waals surface area contributed by atoms with Gasteiger partial charge in [-0.25, -0.2) is 4.90 Å². The molecule has 8 rings (SSSR count). The zero-order chi connectivity index (χ0) is 43.5. The van der Waals surface area contributed by atoms with Crippen LogP contribution in [0.25, 0.3) is 21.5 Å². The van der Waals surface area contributed by atoms with Gasteiger partial charge in [0.1, 0.15) is 30.5 Å². The van der Waals surface area contributed by atoms with Gasteiger partial charge in [-0.05, 0) is 141 Å². The number of carbonyl (C=O) groups is 2. The number of para-hydroxylation sites is 1. The third kappa shape index (κ3) is 10.4. The monoisotopic (exact) mass is 1070 g/mol. The number of ether oxygens (including phenoxy) is 5. The van der Waals surface area contributed by atoms with Crippen molar-refractivity contribution in [2.24, 2.45) is 0 Å². The van der Waals surface area contributed by atoms with Gasteiger partial charge in [0.2, 0.25) is 0 Å². The van der Waals surface area contributed by atoms with E-state index in [4.69, 9.17) is 23.7 Å². The molecule has 11 heteroatoms. The maximum absolute atomic E-state index is 14.2. The van der Waals surface area contributed by atoms with E-state index in [1.54, 1.807) is 30.3 Å². The first-order chi connectivity index (χ1) is 30.9. The molecule has 1 aliphatic rings. The van der Waals surface area contributed by atoms with Gasteiger partial charge in [-0.1, -0.05) is 86.8 Å². The second-order valence-corrected chi connectivity index (χ2v) is 17.4. The summed E-state index contributed by atoms with van der Waals surface area (Å²) in [4.78, 5) is 31.8. The summed E-state index contributed by atoms with van der Waals surface area (Å²) in [6.45, 7) is 5.37. The lowest BCUT2D eigenvalue weighted by Crippen LogP contribution is -2.40. The summed E-state index contributed by atoms with van der Waals surface area (Å²) in [5.41, 5.74) is 4.21. The van der Waals surface area contributed by atoms with Crippen molar-refractivity contribution < 1.29 is 33.3 Å². The molecule has 0 aliphatic carbocycles. The molecule has 1 heterocycles. The maximum atomic E-state index is 14.2. The summed E-state index contributed by atoms with van der Waals surface area (Å²) in [5, 5.41) is 3.72. The Labute approximate surface area is 395 Å². The predicted octanol–water partition coefficient (Wildman–Crippen LogP) is 12.9. The average molecular weight is 1070 g/mol. The Morgan fingerprint density at radius 3 is 1.87 bits per heavy atom. The van der Waals surface area contributed by atoms with Crippen LogP contribution in [-0.2, 0) is 9.47 Å². The van der Waals surface area contributed by atoms with E-state index in [0.29, 0.717) is 67.6 Å². The van der Waals surface area contributed by atoms with Crippen LogP contribution in [-0.4, -0.2) is 58.1 Å². The molecular formula is C52H48I2N2O7. The van der Waals surface area contributed by atoms with Crippen molar-refractivity contribution in [3.63, 3.8) is 0 Å². The number of hydrogen-bond acceptors (Lipinski definition) is 8. The minimum absolute atomic E-state index is 0.330. The summed E-state index contributed by atoms with van der Waals surface area (Å²) < 4.78 is 31.3. The lowest BCUT2D eigenvalue weighted by molar-refractivity contribution is 0.0273. The Morgan fingerprint density at radius 2 is 1.16 bits per heavy atom. The van der Waals surface area contributed by atoms with Crippen LogP contribution in [0.4, 0.5) is 22.7 Å². The van der Waals surface area contributed by atoms with Crippen LogP contribution in [0, 0.1) is 7.14 Å². The lowest BCUT2D eigenvalue weighted by Gasteiger charge is -2.31. The predicted molar refractivity (Wildman–Crippen MR) is 268 cm³/mol. The Kier molecular flexibility index (Phi) is 15.1. The fourth-order valence-corrected chi connectivity index (χ4v) is 8.90. The number of unbranched alkanes of at least 4 members (excludes halogenated alkanes) is 3. The molecule has 0 N–H and O–H groups in total. The summed E-state index contributed by atoms with van der Waals surface area (Å²) in [6, 6.07) is 45.3. The zero-order valence-corrected chi connectivity index (χ0v) is 39.4. The Morgan fingerprint density at radius 1 is 0.524 bits per heavy atom. The topological polar surface area (TPSA) is 86.8 Å². The normalized spacial score (nSPS) is 12.3. The fraction of sp³-hybridized carbons (Fsp3) is 0.231. The molecule has 0 unspecified atom stereocenters. The van der Waals surface area contributed by atoms with Crippen molar-refractivity contribution in [1.29, 1.82) is 0 Å². The highest BCUT2D eigenvalue weighted by Gasteiger charge is 2.35. The van der Waals surface area contributed by atoms with Crippen LogP contribution in [0.3, 0.4) is 0 Å². The van der Waals surface area contributed by atoms with Gasteiger partial charge in [0.15, 0.2) is 0 Å². The summed E-state index contributed by atoms with van der Waals surface area (Å²) in [5.74, 6) is 1.57. The molecule has 0 saturated heterocycles. The standard InChI is InChI=1S/C52H48I2N2O7/c1-2-3-4-10-26-62-48-34-46(54)49(35-45(48)53)63-32-30-60-28-27-59-29-31-61-41-22-20-39(21-23-41)56-51(57)43-17-11-16-42-47(25-24-44(50(42)43)52(56)58)55(38-14-6-5-7-15-38)40-19-18-36-12-8-9-13-37(36)33-40/h5-9,11-25,33-35H,2-4,10,26-32H2,1H3. The van der Waals surface area contributed by atoms with E-state index in [9.17, 15) is 9.59 Å². The number of hydrogen-bond donors (Lipinski definition) is 0. The number of anilines is 4. The molecule has 0 bridgehead atoms. The maximum Gasteiger partial charge on any atom is 0.265 e. The molecular weight excluding hydrogens is 1020 g/mol. The summed E-state index contributed by atoms with van der Waals surface area (Å²) in [6.07, 6.45) is 4.70. The molecule has 7 aromatic rings. The Balaban J connectivity index is 0.830. The van der Waals surface area contributed by atoms with Crippen LogP contribution in [0.2, 0.25) is 0 Å². The number of fused-ring (bicyclic) bond motifs is 1. The second-order valence-electron chi connectivity index (χ2n) is 15.0. The number of amides is 2. The molecule has 0 aromatic heterocycles. The fourth-order valence-electron chi connectivity index (χ4n) is 7.72. The van der Waals surface area contributed by atoms with E-state index >= 15 is 0 Å². The molecule has 9 nitrogen and oxygen atoms in total. The van der Waals surface area contributed by atoms with Crippen LogP contribution in [0.15, 0.2) is 140 Å². The van der Waals surface area contributed by atoms with Crippen LogP contribution in [0.1, 0.15) is 53.3 Å². The van der Waals surface area contributed by atoms with Crippen molar-refractivity contribution in [3.05, 3.63) is 158 Å². The van der Waals surface area contributed by atoms with Crippen molar-refractivity contribution >= 4 is 101 Å². The van der Waals surface area contributed by atoms with Gasteiger partial charge >= 0.3 is 0 Å². The number of nitrogens with zero attached hydrogens (tertiary/aromatic N) is 2. The average Bonchev–Trinajstić information content (AvgIpc) is 3.31. The van der Waals surface area contributed by atoms with Gasteiger partial charge in [-0.15, -0.1) is 0 Å². The first kappa shape index (κ1) is 44.4. The van der Waals surface area contributed by atoms with Crippen LogP contribution in [0.5, 0.6) is 17.2 Å². The molecule has 0 fully saturated rings. The lowest BCUT2D eigenvalue weighted by atomic mass is 9.92. The third-order valence-corrected chi connectivity index (χ3v) is 12.5. The SMILES string of the molecule is CCCCCCOc1cc(I)c(OCCOCCOCCOc2ccc(N3C(=O)c4cccc5c(N(c6ccccc6)c6ccc7ccccc7c6)ccc(c45)C3=O)cc2)cc1I. The molecule has 322 valence electrons. The quantitative estimate of drug-likeness (QED) is 0.0400. The number of imide groups is 1. The molecule has 7 aromatic carbocycles. The molecule has 0 atom stereocenters. The molecule has 0 spiro atoms. The minimum atomic E-state index is -0.375. The Bertz CT molecular complexity index is 2670. The molecule has 1 aliphatic heterocycles. The number of benzene rings is 7. The molecule has 63 heavy (non-hydrogen) atoms. The van der Waals surface area contributed by atoms with E-state index in [0.717, 1.165) is 64.9 Å². The molecule has 0 radical (unpaired) electrons. The highest BCUT2D eigenvalue weighted by atomic mass is 127. The first-order valence-corrected chi connectivity index (χ1v) is 23.5. The van der Waals surface area contributed by atoms with Crippen molar-refractivity contribution in [3.8, 4) is 17.2 Å². The van der Waals surface area contributed by atoms with E-state index in [-0.39, 0.29) is 11.8 Å². The number of carbonyl (C=O) groups excluding carboxylic acids is 2. The second kappa shape index (κ2) is 21.4. The van der Waals surface area contributed by atoms with Crippen LogP contribution >= 0.6 is 45.2 Å². The van der Waals surface area contributed by atoms with Gasteiger partial charge in [-0.3, -0.25) is 9.59 Å². The van der Waals surface area contributed by atoms with Gasteiger partial charge in [-0.2, -0.15) is 0 Å². The molecule has 2 amide bonds. The third-order valence-electron chi connectivity index (χ3n) is 10.8. The van der Waals surface area contributed by atoms with E-state index in [2.05, 4.69) is 99.5 Å². The van der Waals surface area contributed by atoms with Gasteiger partial charge in [0.25, 0.3) is 11.8 Å². The van der Waals surface area contributed by atoms with Gasteiger partial charge < -0.3 is 28.6 Å². The molecule has 0 saturated carbocycles. The highest BCUT2D eigenvalue weighted by molar-refractivity contribution is 14.1. The van der Waals surface area contributed by atoms with Crippen molar-refractivity contribution in [2.75, 3.05) is 56.0 Å². The first-order valence-electron chi connectivity index (χ1n) is 21.3. The van der Waals surface area contributed by atoms with Gasteiger partial charge in [0, 0.05) is 33.3 Å². The van der Waals surface area contributed by atoms with E-state index in [1.165, 1.54) is 24.2 Å². The zero-order valence-electron chi connectivity index (χ0n) is 35.1.